The molecule has 0 spiro atoms. The van der Waals surface area contributed by atoms with E-state index in [1.54, 1.807) is 12.1 Å². The predicted molar refractivity (Wildman–Crippen MR) is 77.2 cm³/mol. The summed E-state index contributed by atoms with van der Waals surface area (Å²) in [6, 6.07) is 5.40. The number of aromatic nitrogens is 1. The van der Waals surface area contributed by atoms with Gasteiger partial charge >= 0.3 is 11.8 Å². The Morgan fingerprint density at radius 3 is 2.65 bits per heavy atom. The number of anilines is 1. The maximum absolute atomic E-state index is 11.9. The highest BCUT2D eigenvalue weighted by atomic mass is 16.2. The third-order valence-corrected chi connectivity index (χ3v) is 3.76. The Morgan fingerprint density at radius 2 is 1.95 bits per heavy atom. The van der Waals surface area contributed by atoms with Crippen LogP contribution in [-0.4, -0.2) is 22.8 Å². The summed E-state index contributed by atoms with van der Waals surface area (Å²) in [6.07, 6.45) is 4.36. The van der Waals surface area contributed by atoms with Crippen LogP contribution in [0.3, 0.4) is 0 Å². The van der Waals surface area contributed by atoms with Crippen molar-refractivity contribution in [2.75, 3.05) is 5.32 Å². The number of aryl methyl sites for hydroxylation is 1. The first kappa shape index (κ1) is 14.5. The van der Waals surface area contributed by atoms with Gasteiger partial charge in [-0.15, -0.1) is 0 Å². The number of amides is 2. The van der Waals surface area contributed by atoms with Crippen molar-refractivity contribution in [3.05, 3.63) is 23.9 Å². The fraction of sp³-hybridized carbons (Fsp3) is 0.533. The number of carbonyl (C=O) groups is 2. The maximum Gasteiger partial charge on any atom is 0.314 e. The lowest BCUT2D eigenvalue weighted by Crippen LogP contribution is -2.45. The number of carbonyl (C=O) groups excluding carboxylic acids is 2. The first-order chi connectivity index (χ1) is 9.56. The molecule has 5 nitrogen and oxygen atoms in total. The van der Waals surface area contributed by atoms with Gasteiger partial charge in [0, 0.05) is 11.7 Å². The van der Waals surface area contributed by atoms with E-state index in [1.807, 2.05) is 13.0 Å². The van der Waals surface area contributed by atoms with Gasteiger partial charge in [0.1, 0.15) is 5.82 Å². The monoisotopic (exact) mass is 275 g/mol. The average Bonchev–Trinajstić information content (AvgIpc) is 2.41. The summed E-state index contributed by atoms with van der Waals surface area (Å²) < 4.78 is 0. The Morgan fingerprint density at radius 1 is 1.20 bits per heavy atom. The smallest absolute Gasteiger partial charge is 0.314 e. The Hall–Kier alpha value is -1.91. The fourth-order valence-electron chi connectivity index (χ4n) is 2.55. The van der Waals surface area contributed by atoms with Gasteiger partial charge in [0.2, 0.25) is 0 Å². The van der Waals surface area contributed by atoms with Gasteiger partial charge in [-0.05, 0) is 37.8 Å². The number of nitrogens with one attached hydrogen (secondary N) is 2. The molecule has 2 rings (SSSR count). The van der Waals surface area contributed by atoms with Crippen LogP contribution in [0.1, 0.15) is 38.3 Å². The summed E-state index contributed by atoms with van der Waals surface area (Å²) in [7, 11) is 0. The van der Waals surface area contributed by atoms with Crippen molar-refractivity contribution >= 4 is 17.6 Å². The fourth-order valence-corrected chi connectivity index (χ4v) is 2.55. The van der Waals surface area contributed by atoms with Gasteiger partial charge in [-0.3, -0.25) is 9.59 Å². The van der Waals surface area contributed by atoms with Crippen LogP contribution in [0.25, 0.3) is 0 Å². The minimum absolute atomic E-state index is 0.104. The molecule has 20 heavy (non-hydrogen) atoms. The van der Waals surface area contributed by atoms with Gasteiger partial charge in [0.25, 0.3) is 0 Å². The van der Waals surface area contributed by atoms with Gasteiger partial charge in [-0.2, -0.15) is 0 Å². The molecule has 0 radical (unpaired) electrons. The van der Waals surface area contributed by atoms with Crippen molar-refractivity contribution in [1.82, 2.24) is 10.3 Å². The molecule has 5 heteroatoms. The third-order valence-electron chi connectivity index (χ3n) is 3.76. The van der Waals surface area contributed by atoms with Crippen LogP contribution in [0, 0.1) is 12.8 Å². The van der Waals surface area contributed by atoms with Crippen LogP contribution in [0.2, 0.25) is 0 Å². The summed E-state index contributed by atoms with van der Waals surface area (Å²) >= 11 is 0. The number of hydrogen-bond acceptors (Lipinski definition) is 3. The molecule has 0 bridgehead atoms. The van der Waals surface area contributed by atoms with E-state index in [4.69, 9.17) is 0 Å². The summed E-state index contributed by atoms with van der Waals surface area (Å²) in [5, 5.41) is 5.35. The minimum atomic E-state index is -0.652. The Kier molecular flexibility index (Phi) is 4.71. The van der Waals surface area contributed by atoms with Crippen LogP contribution in [0.15, 0.2) is 18.2 Å². The summed E-state index contributed by atoms with van der Waals surface area (Å²) in [6.45, 7) is 3.95. The van der Waals surface area contributed by atoms with Crippen LogP contribution >= 0.6 is 0 Å². The molecule has 0 aromatic carbocycles. The standard InChI is InChI=1S/C15H21N3O2/c1-10-6-3-4-8-12(10)17-14(19)15(20)18-13-9-5-7-11(2)16-13/h5,7,9-10,12H,3-4,6,8H2,1-2H3,(H,17,19)(H,16,18,20). The summed E-state index contributed by atoms with van der Waals surface area (Å²) in [5.74, 6) is -0.396. The van der Waals surface area contributed by atoms with E-state index < -0.39 is 11.8 Å². The highest BCUT2D eigenvalue weighted by molar-refractivity contribution is 6.39. The van der Waals surface area contributed by atoms with Crippen LogP contribution < -0.4 is 10.6 Å². The minimum Gasteiger partial charge on any atom is -0.345 e. The van der Waals surface area contributed by atoms with Crippen molar-refractivity contribution in [2.45, 2.75) is 45.6 Å². The molecule has 1 aliphatic carbocycles. The summed E-state index contributed by atoms with van der Waals surface area (Å²) in [5.41, 5.74) is 0.795. The van der Waals surface area contributed by atoms with Gasteiger partial charge in [-0.25, -0.2) is 4.98 Å². The average molecular weight is 275 g/mol. The second-order valence-corrected chi connectivity index (χ2v) is 5.46. The summed E-state index contributed by atoms with van der Waals surface area (Å²) in [4.78, 5) is 27.9. The van der Waals surface area contributed by atoms with E-state index in [1.165, 1.54) is 6.42 Å². The van der Waals surface area contributed by atoms with E-state index in [0.29, 0.717) is 11.7 Å². The van der Waals surface area contributed by atoms with Crippen molar-refractivity contribution < 1.29 is 9.59 Å². The van der Waals surface area contributed by atoms with Crippen molar-refractivity contribution in [3.63, 3.8) is 0 Å². The van der Waals surface area contributed by atoms with E-state index >= 15 is 0 Å². The second kappa shape index (κ2) is 6.50. The largest absolute Gasteiger partial charge is 0.345 e. The molecular weight excluding hydrogens is 254 g/mol. The zero-order chi connectivity index (χ0) is 14.5. The van der Waals surface area contributed by atoms with Gasteiger partial charge in [0.15, 0.2) is 0 Å². The number of rotatable bonds is 2. The van der Waals surface area contributed by atoms with Gasteiger partial charge < -0.3 is 10.6 Å². The molecule has 1 aromatic heterocycles. The lowest BCUT2D eigenvalue weighted by atomic mass is 9.86. The Bertz CT molecular complexity index is 502. The normalized spacial score (nSPS) is 22.1. The number of nitrogens with zero attached hydrogens (tertiary/aromatic N) is 1. The first-order valence-electron chi connectivity index (χ1n) is 7.12. The quantitative estimate of drug-likeness (QED) is 0.811. The maximum atomic E-state index is 11.9. The highest BCUT2D eigenvalue weighted by Crippen LogP contribution is 2.23. The molecule has 0 saturated heterocycles. The molecule has 2 atom stereocenters. The molecule has 108 valence electrons. The second-order valence-electron chi connectivity index (χ2n) is 5.46. The number of hydrogen-bond donors (Lipinski definition) is 2. The number of pyridine rings is 1. The molecule has 1 fully saturated rings. The molecule has 1 heterocycles. The first-order valence-corrected chi connectivity index (χ1v) is 7.12. The van der Waals surface area contributed by atoms with Crippen LogP contribution in [0.5, 0.6) is 0 Å². The lowest BCUT2D eigenvalue weighted by molar-refractivity contribution is -0.137. The lowest BCUT2D eigenvalue weighted by Gasteiger charge is -2.29. The molecule has 1 aliphatic rings. The SMILES string of the molecule is Cc1cccc(NC(=O)C(=O)NC2CCCCC2C)n1. The van der Waals surface area contributed by atoms with Crippen LogP contribution in [-0.2, 0) is 9.59 Å². The predicted octanol–water partition coefficient (Wildman–Crippen LogP) is 2.02. The van der Waals surface area contributed by atoms with Gasteiger partial charge in [-0.1, -0.05) is 25.8 Å². The van der Waals surface area contributed by atoms with E-state index in [9.17, 15) is 9.59 Å². The molecule has 1 aromatic rings. The highest BCUT2D eigenvalue weighted by Gasteiger charge is 2.25. The molecule has 0 aliphatic heterocycles. The molecule has 2 N–H and O–H groups in total. The van der Waals surface area contributed by atoms with Crippen LogP contribution in [0.4, 0.5) is 5.82 Å². The zero-order valence-corrected chi connectivity index (χ0v) is 12.0. The van der Waals surface area contributed by atoms with Crippen molar-refractivity contribution in [1.29, 1.82) is 0 Å². The van der Waals surface area contributed by atoms with E-state index in [-0.39, 0.29) is 6.04 Å². The van der Waals surface area contributed by atoms with Crippen molar-refractivity contribution in [2.24, 2.45) is 5.92 Å². The molecule has 1 saturated carbocycles. The van der Waals surface area contributed by atoms with E-state index in [0.717, 1.165) is 25.0 Å². The topological polar surface area (TPSA) is 71.1 Å². The van der Waals surface area contributed by atoms with Gasteiger partial charge in [0.05, 0.1) is 0 Å². The molecule has 2 unspecified atom stereocenters. The third kappa shape index (κ3) is 3.79. The Labute approximate surface area is 119 Å². The molecular formula is C15H21N3O2. The molecule has 2 amide bonds. The van der Waals surface area contributed by atoms with Crippen molar-refractivity contribution in [3.8, 4) is 0 Å². The van der Waals surface area contributed by atoms with E-state index in [2.05, 4.69) is 22.5 Å². The zero-order valence-electron chi connectivity index (χ0n) is 12.0. The Balaban J connectivity index is 1.90.